The largest absolute Gasteiger partial charge is 0.367 e. The van der Waals surface area contributed by atoms with Crippen molar-refractivity contribution < 1.29 is 13.5 Å². The number of nitrogens with zero attached hydrogens (tertiary/aromatic N) is 1. The van der Waals surface area contributed by atoms with Crippen LogP contribution in [0.25, 0.3) is 0 Å². The number of ether oxygens (including phenoxy) is 1. The maximum atomic E-state index is 12.7. The summed E-state index contributed by atoms with van der Waals surface area (Å²) in [5, 5.41) is 0. The van der Waals surface area contributed by atoms with Gasteiger partial charge in [-0.05, 0) is 13.8 Å². The summed E-state index contributed by atoms with van der Waals surface area (Å²) in [7, 11) is 0. The topological polar surface area (TPSA) is 38.5 Å². The van der Waals surface area contributed by atoms with Crippen molar-refractivity contribution in [3.63, 3.8) is 0 Å². The van der Waals surface area contributed by atoms with Gasteiger partial charge in [-0.25, -0.2) is 8.78 Å². The second-order valence-electron chi connectivity index (χ2n) is 4.02. The highest BCUT2D eigenvalue weighted by Crippen LogP contribution is 2.25. The van der Waals surface area contributed by atoms with Gasteiger partial charge in [-0.1, -0.05) is 0 Å². The quantitative estimate of drug-likeness (QED) is 0.741. The number of halogens is 2. The van der Waals surface area contributed by atoms with E-state index in [2.05, 4.69) is 0 Å². The highest BCUT2D eigenvalue weighted by Gasteiger charge is 2.41. The van der Waals surface area contributed by atoms with Crippen molar-refractivity contribution >= 4 is 0 Å². The summed E-state index contributed by atoms with van der Waals surface area (Å²) in [6, 6.07) is 0.136. The number of nitrogens with two attached hydrogens (primary N) is 1. The summed E-state index contributed by atoms with van der Waals surface area (Å²) < 4.78 is 30.4. The summed E-state index contributed by atoms with van der Waals surface area (Å²) in [6.45, 7) is 5.17. The minimum Gasteiger partial charge on any atom is -0.367 e. The van der Waals surface area contributed by atoms with Crippen molar-refractivity contribution in [1.29, 1.82) is 0 Å². The molecule has 1 aliphatic heterocycles. The van der Waals surface area contributed by atoms with Gasteiger partial charge in [0.1, 0.15) is 5.60 Å². The first-order chi connectivity index (χ1) is 6.49. The monoisotopic (exact) mass is 208 g/mol. The third-order valence-electron chi connectivity index (χ3n) is 2.75. The van der Waals surface area contributed by atoms with Gasteiger partial charge in [0.05, 0.1) is 6.61 Å². The molecule has 0 amide bonds. The number of hydrogen-bond donors (Lipinski definition) is 1. The number of rotatable bonds is 3. The molecule has 1 aliphatic rings. The number of alkyl halides is 2. The van der Waals surface area contributed by atoms with Crippen LogP contribution in [0.4, 0.5) is 8.78 Å². The van der Waals surface area contributed by atoms with Crippen molar-refractivity contribution in [2.75, 3.05) is 26.2 Å². The molecule has 1 saturated heterocycles. The molecule has 0 aromatic heterocycles. The zero-order valence-corrected chi connectivity index (χ0v) is 8.67. The van der Waals surface area contributed by atoms with E-state index in [1.54, 1.807) is 0 Å². The lowest BCUT2D eigenvalue weighted by Crippen LogP contribution is -2.57. The highest BCUT2D eigenvalue weighted by molar-refractivity contribution is 4.88. The number of morpholine rings is 1. The third-order valence-corrected chi connectivity index (χ3v) is 2.75. The minimum atomic E-state index is -2.45. The van der Waals surface area contributed by atoms with Gasteiger partial charge in [-0.15, -0.1) is 0 Å². The molecule has 0 spiro atoms. The predicted octanol–water partition coefficient (Wildman–Crippen LogP) is 0.690. The van der Waals surface area contributed by atoms with Gasteiger partial charge >= 0.3 is 0 Å². The molecule has 2 unspecified atom stereocenters. The molecule has 0 aromatic carbocycles. The molecule has 0 aliphatic carbocycles. The van der Waals surface area contributed by atoms with Crippen LogP contribution in [0.5, 0.6) is 0 Å². The van der Waals surface area contributed by atoms with E-state index in [1.165, 1.54) is 6.92 Å². The van der Waals surface area contributed by atoms with E-state index in [0.717, 1.165) is 0 Å². The van der Waals surface area contributed by atoms with Crippen LogP contribution in [-0.2, 0) is 4.74 Å². The van der Waals surface area contributed by atoms with Gasteiger partial charge < -0.3 is 10.5 Å². The predicted molar refractivity (Wildman–Crippen MR) is 50.5 cm³/mol. The van der Waals surface area contributed by atoms with Crippen LogP contribution in [-0.4, -0.2) is 49.2 Å². The van der Waals surface area contributed by atoms with Crippen LogP contribution >= 0.6 is 0 Å². The van der Waals surface area contributed by atoms with Crippen LogP contribution in [0, 0.1) is 0 Å². The first kappa shape index (κ1) is 11.8. The van der Waals surface area contributed by atoms with E-state index in [0.29, 0.717) is 19.7 Å². The Bertz CT molecular complexity index is 192. The Hall–Kier alpha value is -0.260. The average molecular weight is 208 g/mol. The normalized spacial score (nSPS) is 32.1. The van der Waals surface area contributed by atoms with E-state index in [-0.39, 0.29) is 12.6 Å². The van der Waals surface area contributed by atoms with Crippen LogP contribution in [0.3, 0.4) is 0 Å². The molecule has 0 saturated carbocycles. The van der Waals surface area contributed by atoms with Crippen LogP contribution in [0.15, 0.2) is 0 Å². The molecule has 2 atom stereocenters. The molecule has 84 valence electrons. The van der Waals surface area contributed by atoms with Crippen LogP contribution in [0.1, 0.15) is 13.8 Å². The van der Waals surface area contributed by atoms with Crippen molar-refractivity contribution in [3.05, 3.63) is 0 Å². The molecule has 2 N–H and O–H groups in total. The van der Waals surface area contributed by atoms with Crippen molar-refractivity contribution in [2.24, 2.45) is 5.73 Å². The zero-order valence-electron chi connectivity index (χ0n) is 8.67. The molecule has 0 radical (unpaired) electrons. The van der Waals surface area contributed by atoms with E-state index < -0.39 is 12.0 Å². The first-order valence-corrected chi connectivity index (χ1v) is 4.86. The van der Waals surface area contributed by atoms with Gasteiger partial charge in [0.15, 0.2) is 0 Å². The second kappa shape index (κ2) is 4.51. The zero-order chi connectivity index (χ0) is 10.8. The molecule has 0 aromatic rings. The number of hydrogen-bond acceptors (Lipinski definition) is 3. The molecular weight excluding hydrogens is 190 g/mol. The maximum Gasteiger partial charge on any atom is 0.268 e. The molecule has 1 rings (SSSR count). The fourth-order valence-corrected chi connectivity index (χ4v) is 1.58. The molecule has 0 bridgehead atoms. The van der Waals surface area contributed by atoms with Crippen LogP contribution in [0.2, 0.25) is 0 Å². The molecule has 3 nitrogen and oxygen atoms in total. The summed E-state index contributed by atoms with van der Waals surface area (Å²) in [5.41, 5.74) is 4.17. The standard InChI is InChI=1S/C9H18F2N2O/c1-7(5-12)13-3-4-14-9(2,6-13)8(10)11/h7-8H,3-6,12H2,1-2H3. The average Bonchev–Trinajstić information content (AvgIpc) is 2.16. The highest BCUT2D eigenvalue weighted by atomic mass is 19.3. The molecule has 5 heteroatoms. The van der Waals surface area contributed by atoms with Crippen molar-refractivity contribution in [1.82, 2.24) is 4.90 Å². The Balaban J connectivity index is 2.59. The lowest BCUT2D eigenvalue weighted by Gasteiger charge is -2.42. The molecule has 14 heavy (non-hydrogen) atoms. The van der Waals surface area contributed by atoms with Gasteiger partial charge in [0.25, 0.3) is 6.43 Å². The van der Waals surface area contributed by atoms with Crippen molar-refractivity contribution in [3.8, 4) is 0 Å². The van der Waals surface area contributed by atoms with Gasteiger partial charge in [-0.2, -0.15) is 0 Å². The van der Waals surface area contributed by atoms with Crippen molar-refractivity contribution in [2.45, 2.75) is 31.9 Å². The van der Waals surface area contributed by atoms with Gasteiger partial charge in [-0.3, -0.25) is 4.90 Å². The summed E-state index contributed by atoms with van der Waals surface area (Å²) in [6.07, 6.45) is -2.45. The minimum absolute atomic E-state index is 0.136. The smallest absolute Gasteiger partial charge is 0.268 e. The van der Waals surface area contributed by atoms with Gasteiger partial charge in [0.2, 0.25) is 0 Å². The fourth-order valence-electron chi connectivity index (χ4n) is 1.58. The Kier molecular flexibility index (Phi) is 3.80. The summed E-state index contributed by atoms with van der Waals surface area (Å²) in [5.74, 6) is 0. The van der Waals surface area contributed by atoms with Gasteiger partial charge in [0, 0.05) is 25.7 Å². The van der Waals surface area contributed by atoms with Crippen LogP contribution < -0.4 is 5.73 Å². The molecule has 1 fully saturated rings. The SMILES string of the molecule is CC(CN)N1CCOC(C)(C(F)F)C1. The second-order valence-corrected chi connectivity index (χ2v) is 4.02. The Labute approximate surface area is 83.2 Å². The Morgan fingerprint density at radius 3 is 2.71 bits per heavy atom. The Morgan fingerprint density at radius 2 is 2.21 bits per heavy atom. The lowest BCUT2D eigenvalue weighted by atomic mass is 10.0. The van der Waals surface area contributed by atoms with E-state index in [4.69, 9.17) is 10.5 Å². The first-order valence-electron chi connectivity index (χ1n) is 4.86. The molecule has 1 heterocycles. The fraction of sp³-hybridized carbons (Fsp3) is 1.00. The molecular formula is C9H18F2N2O. The lowest BCUT2D eigenvalue weighted by molar-refractivity contribution is -0.174. The Morgan fingerprint density at radius 1 is 1.57 bits per heavy atom. The maximum absolute atomic E-state index is 12.7. The summed E-state index contributed by atoms with van der Waals surface area (Å²) >= 11 is 0. The van der Waals surface area contributed by atoms with E-state index in [1.807, 2.05) is 11.8 Å². The van der Waals surface area contributed by atoms with E-state index >= 15 is 0 Å². The summed E-state index contributed by atoms with van der Waals surface area (Å²) in [4.78, 5) is 1.95. The van der Waals surface area contributed by atoms with E-state index in [9.17, 15) is 8.78 Å². The third kappa shape index (κ3) is 2.40.